The molecule has 2 aromatic carbocycles. The van der Waals surface area contributed by atoms with Gasteiger partial charge in [-0.05, 0) is 0 Å². The molecule has 0 fully saturated rings. The first-order chi connectivity index (χ1) is 13.3. The summed E-state index contributed by atoms with van der Waals surface area (Å²) >= 11 is -0.839. The summed E-state index contributed by atoms with van der Waals surface area (Å²) in [6, 6.07) is 16.8. The van der Waals surface area contributed by atoms with E-state index in [-0.39, 0.29) is 24.8 Å². The van der Waals surface area contributed by atoms with E-state index in [1.807, 2.05) is 12.1 Å². The first kappa shape index (κ1) is 23.7. The SMILES string of the molecule is COc1cccc(C2=[C]([Zr+2][C]3=C(c4cccc(OC)c4)C=CC3)CC=C2)c1.[Cl-].[Cl-]. The average Bonchev–Trinajstić information content (AvgIpc) is 3.38. The van der Waals surface area contributed by atoms with Crippen molar-refractivity contribution in [3.05, 3.63) is 90.5 Å². The molecule has 2 aliphatic carbocycles. The zero-order valence-corrected chi connectivity index (χ0v) is 20.4. The molecular weight excluding hydrogens is 482 g/mol. The standard InChI is InChI=1S/2C12H11O.2ClH.Zr/c2*1-13-12-8-4-7-11(9-12)10-5-2-3-6-10;;;/h2*2,4-5,7-9H,3H2,1H3;2*1H;/q;;;;+2/p-2. The molecule has 0 saturated carbocycles. The van der Waals surface area contributed by atoms with Crippen LogP contribution < -0.4 is 34.3 Å². The topological polar surface area (TPSA) is 18.5 Å². The minimum atomic E-state index is -0.839. The third-order valence-corrected chi connectivity index (χ3v) is 8.74. The molecule has 0 unspecified atom stereocenters. The second-order valence-corrected chi connectivity index (χ2v) is 10.2. The van der Waals surface area contributed by atoms with Crippen LogP contribution in [-0.2, 0) is 23.2 Å². The van der Waals surface area contributed by atoms with Gasteiger partial charge in [0.1, 0.15) is 0 Å². The smallest absolute Gasteiger partial charge is 1.00 e. The number of benzene rings is 2. The van der Waals surface area contributed by atoms with E-state index in [0.29, 0.717) is 0 Å². The maximum absolute atomic E-state index is 5.42. The quantitative estimate of drug-likeness (QED) is 0.545. The minimum absolute atomic E-state index is 0. The largest absolute Gasteiger partial charge is 1.00 e. The third kappa shape index (κ3) is 5.34. The van der Waals surface area contributed by atoms with Gasteiger partial charge in [0.25, 0.3) is 0 Å². The average molecular weight is 505 g/mol. The van der Waals surface area contributed by atoms with Crippen LogP contribution in [0.15, 0.2) is 79.4 Å². The number of hydrogen-bond acceptors (Lipinski definition) is 2. The van der Waals surface area contributed by atoms with Gasteiger partial charge in [-0.1, -0.05) is 0 Å². The maximum atomic E-state index is 5.42. The Morgan fingerprint density at radius 3 is 1.55 bits per heavy atom. The van der Waals surface area contributed by atoms with Gasteiger partial charge < -0.3 is 24.8 Å². The third-order valence-electron chi connectivity index (χ3n) is 4.93. The molecule has 0 spiro atoms. The van der Waals surface area contributed by atoms with E-state index in [1.165, 1.54) is 22.3 Å². The molecule has 148 valence electrons. The van der Waals surface area contributed by atoms with Gasteiger partial charge in [0, 0.05) is 0 Å². The number of hydrogen-bond donors (Lipinski definition) is 0. The Balaban J connectivity index is 0.00000150. The zero-order valence-electron chi connectivity index (χ0n) is 16.4. The number of halogens is 2. The summed E-state index contributed by atoms with van der Waals surface area (Å²) < 4.78 is 14.1. The Kier molecular flexibility index (Phi) is 9.02. The van der Waals surface area contributed by atoms with Crippen molar-refractivity contribution in [2.24, 2.45) is 0 Å². The molecule has 0 amide bonds. The molecule has 0 saturated heterocycles. The van der Waals surface area contributed by atoms with E-state index in [1.54, 1.807) is 20.8 Å². The molecule has 0 N–H and O–H groups in total. The van der Waals surface area contributed by atoms with E-state index in [9.17, 15) is 0 Å². The molecular formula is C24H22Cl2O2Zr. The van der Waals surface area contributed by atoms with Gasteiger partial charge in [-0.15, -0.1) is 0 Å². The Morgan fingerprint density at radius 1 is 0.690 bits per heavy atom. The van der Waals surface area contributed by atoms with Crippen molar-refractivity contribution in [1.29, 1.82) is 0 Å². The minimum Gasteiger partial charge on any atom is -1.00 e. The van der Waals surface area contributed by atoms with E-state index >= 15 is 0 Å². The summed E-state index contributed by atoms with van der Waals surface area (Å²) in [6.45, 7) is 0. The van der Waals surface area contributed by atoms with Gasteiger partial charge in [0.05, 0.1) is 0 Å². The summed E-state index contributed by atoms with van der Waals surface area (Å²) in [6.07, 6.45) is 11.4. The van der Waals surface area contributed by atoms with Crippen LogP contribution in [0.5, 0.6) is 11.5 Å². The Bertz CT molecular complexity index is 910. The van der Waals surface area contributed by atoms with E-state index in [0.717, 1.165) is 24.3 Å². The van der Waals surface area contributed by atoms with Crippen molar-refractivity contribution in [1.82, 2.24) is 0 Å². The first-order valence-corrected chi connectivity index (χ1v) is 11.6. The van der Waals surface area contributed by atoms with E-state index in [2.05, 4.69) is 60.7 Å². The van der Waals surface area contributed by atoms with Crippen LogP contribution in [0.25, 0.3) is 11.1 Å². The van der Waals surface area contributed by atoms with Crippen LogP contribution in [0.3, 0.4) is 0 Å². The van der Waals surface area contributed by atoms with Gasteiger partial charge in [-0.2, -0.15) is 0 Å². The summed E-state index contributed by atoms with van der Waals surface area (Å²) in [5, 5.41) is 0. The number of ether oxygens (including phenoxy) is 2. The van der Waals surface area contributed by atoms with Gasteiger partial charge in [0.15, 0.2) is 0 Å². The van der Waals surface area contributed by atoms with E-state index in [4.69, 9.17) is 9.47 Å². The van der Waals surface area contributed by atoms with Crippen LogP contribution in [-0.4, -0.2) is 14.2 Å². The molecule has 0 heterocycles. The summed E-state index contributed by atoms with van der Waals surface area (Å²) in [5.74, 6) is 1.84. The predicted molar refractivity (Wildman–Crippen MR) is 107 cm³/mol. The van der Waals surface area contributed by atoms with Crippen molar-refractivity contribution >= 4 is 11.1 Å². The maximum Gasteiger partial charge on any atom is -1.00 e. The van der Waals surface area contributed by atoms with Crippen molar-refractivity contribution in [2.75, 3.05) is 14.2 Å². The fourth-order valence-electron chi connectivity index (χ4n) is 3.55. The van der Waals surface area contributed by atoms with Crippen LogP contribution >= 0.6 is 0 Å². The normalized spacial score (nSPS) is 14.4. The first-order valence-electron chi connectivity index (χ1n) is 9.14. The van der Waals surface area contributed by atoms with Crippen LogP contribution in [0.1, 0.15) is 24.0 Å². The molecule has 5 heteroatoms. The Labute approximate surface area is 196 Å². The molecule has 29 heavy (non-hydrogen) atoms. The second kappa shape index (κ2) is 11.0. The summed E-state index contributed by atoms with van der Waals surface area (Å²) in [5.41, 5.74) is 5.36. The molecule has 0 atom stereocenters. The summed E-state index contributed by atoms with van der Waals surface area (Å²) in [7, 11) is 3.45. The van der Waals surface area contributed by atoms with Crippen molar-refractivity contribution in [3.63, 3.8) is 0 Å². The number of methoxy groups -OCH3 is 2. The number of allylic oxidation sites excluding steroid dienone is 8. The molecule has 2 aromatic rings. The molecule has 4 rings (SSSR count). The molecule has 0 bridgehead atoms. The van der Waals surface area contributed by atoms with Crippen molar-refractivity contribution in [3.8, 4) is 11.5 Å². The van der Waals surface area contributed by atoms with Gasteiger partial charge in [0.2, 0.25) is 0 Å². The summed E-state index contributed by atoms with van der Waals surface area (Å²) in [4.78, 5) is 0. The molecule has 0 aliphatic heterocycles. The van der Waals surface area contributed by atoms with Crippen LogP contribution in [0, 0.1) is 0 Å². The van der Waals surface area contributed by atoms with Crippen molar-refractivity contribution < 1.29 is 57.5 Å². The monoisotopic (exact) mass is 502 g/mol. The zero-order chi connectivity index (χ0) is 18.6. The molecule has 0 radical (unpaired) electrons. The molecule has 0 aromatic heterocycles. The molecule has 2 nitrogen and oxygen atoms in total. The van der Waals surface area contributed by atoms with Crippen LogP contribution in [0.2, 0.25) is 0 Å². The van der Waals surface area contributed by atoms with E-state index < -0.39 is 23.2 Å². The van der Waals surface area contributed by atoms with Crippen LogP contribution in [0.4, 0.5) is 0 Å². The fourth-order valence-corrected chi connectivity index (χ4v) is 7.31. The number of rotatable bonds is 6. The second-order valence-electron chi connectivity index (χ2n) is 6.59. The van der Waals surface area contributed by atoms with Gasteiger partial charge in [-0.25, -0.2) is 0 Å². The predicted octanol–water partition coefficient (Wildman–Crippen LogP) is -0.163. The van der Waals surface area contributed by atoms with Crippen molar-refractivity contribution in [2.45, 2.75) is 12.8 Å². The fraction of sp³-hybridized carbons (Fsp3) is 0.167. The Hall–Kier alpha value is -1.54. The Morgan fingerprint density at radius 2 is 1.14 bits per heavy atom. The molecule has 2 aliphatic rings. The van der Waals surface area contributed by atoms with Gasteiger partial charge >= 0.3 is 173 Å². The van der Waals surface area contributed by atoms with Gasteiger partial charge in [-0.3, -0.25) is 0 Å².